The molecule has 0 aliphatic heterocycles. The van der Waals surface area contributed by atoms with Crippen molar-refractivity contribution in [1.29, 1.82) is 0 Å². The first-order valence-corrected chi connectivity index (χ1v) is 3.86. The second kappa shape index (κ2) is 57.3. The Morgan fingerprint density at radius 3 is 0.800 bits per heavy atom. The van der Waals surface area contributed by atoms with Crippen LogP contribution in [0.15, 0.2) is 0 Å². The van der Waals surface area contributed by atoms with E-state index in [4.69, 9.17) is 0 Å². The summed E-state index contributed by atoms with van der Waals surface area (Å²) < 4.78 is 0. The van der Waals surface area contributed by atoms with Gasteiger partial charge in [0, 0.05) is 0 Å². The van der Waals surface area contributed by atoms with Crippen LogP contribution in [-0.4, -0.2) is 32.6 Å². The summed E-state index contributed by atoms with van der Waals surface area (Å²) in [6.45, 7) is 4.18. The lowest BCUT2D eigenvalue weighted by Gasteiger charge is -1.47. The van der Waals surface area contributed by atoms with Crippen molar-refractivity contribution < 1.29 is 0 Å². The monoisotopic (exact) mass is 440 g/mol. The molecule has 64 valence electrons. The summed E-state index contributed by atoms with van der Waals surface area (Å²) in [6, 6.07) is 0. The van der Waals surface area contributed by atoms with Gasteiger partial charge in [0.05, 0.1) is 0 Å². The third kappa shape index (κ3) is 118. The standard InChI is InChI=1S/2C2H5.2Al.2ClH.2HI/c2*1-2;;;;;;/h2*1H2,2H3;;;4*1H. The third-order valence-corrected chi connectivity index (χ3v) is 0. The quantitative estimate of drug-likeness (QED) is 0.401. The van der Waals surface area contributed by atoms with Crippen molar-refractivity contribution in [3.63, 3.8) is 0 Å². The summed E-state index contributed by atoms with van der Waals surface area (Å²) in [7, 11) is 0. The predicted octanol–water partition coefficient (Wildman–Crippen LogP) is 3.27. The van der Waals surface area contributed by atoms with Crippen molar-refractivity contribution in [2.75, 3.05) is 0 Å². The fourth-order valence-electron chi connectivity index (χ4n) is 0. The third-order valence-electron chi connectivity index (χ3n) is 0. The maximum atomic E-state index is 2.58. The molecule has 0 heterocycles. The summed E-state index contributed by atoms with van der Waals surface area (Å²) >= 11 is 5.16. The molecule has 0 aliphatic rings. The molecule has 0 saturated heterocycles. The van der Waals surface area contributed by atoms with Gasteiger partial charge < -0.3 is 0 Å². The highest BCUT2D eigenvalue weighted by Crippen LogP contribution is 1.49. The summed E-state index contributed by atoms with van der Waals surface area (Å²) in [6.07, 6.45) is 0. The number of rotatable bonds is 0. The van der Waals surface area contributed by atoms with Gasteiger partial charge in [0.1, 0.15) is 32.6 Å². The lowest BCUT2D eigenvalue weighted by atomic mass is 11.0. The molecular formula is C4H14Al2Cl2I2. The van der Waals surface area contributed by atoms with Crippen LogP contribution in [0, 0.1) is 0 Å². The first-order valence-electron chi connectivity index (χ1n) is 2.23. The minimum absolute atomic E-state index is 0. The lowest BCUT2D eigenvalue weighted by Crippen LogP contribution is -1.41. The molecule has 6 heteroatoms. The molecule has 0 aromatic carbocycles. The maximum Gasteiger partial charge on any atom is 0.117 e. The molecular weight excluding hydrogens is 427 g/mol. The van der Waals surface area contributed by atoms with Crippen LogP contribution < -0.4 is 0 Å². The van der Waals surface area contributed by atoms with Gasteiger partial charge in [-0.25, -0.2) is 0 Å². The predicted molar refractivity (Wildman–Crippen MR) is 77.8 cm³/mol. The molecule has 0 bridgehead atoms. The summed E-state index contributed by atoms with van der Waals surface area (Å²) in [5.74, 6) is 0. The molecule has 0 unspecified atom stereocenters. The largest absolute Gasteiger partial charge is 0.147 e. The lowest BCUT2D eigenvalue weighted by molar-refractivity contribution is 1.48. The molecule has 0 fully saturated rings. The van der Waals surface area contributed by atoms with Gasteiger partial charge in [-0.2, -0.15) is 0 Å². The summed E-state index contributed by atoms with van der Waals surface area (Å²) in [5, 5.41) is 2.33. The normalized spacial score (nSPS) is 3.40. The Hall–Kier alpha value is 3.10. The molecule has 0 amide bonds. The van der Waals surface area contributed by atoms with E-state index in [1.165, 1.54) is 10.6 Å². The zero-order valence-corrected chi connectivity index (χ0v) is 14.8. The van der Waals surface area contributed by atoms with E-state index in [2.05, 4.69) is 46.4 Å². The van der Waals surface area contributed by atoms with E-state index < -0.39 is 0 Å². The Balaban J connectivity index is -0.00000000571. The van der Waals surface area contributed by atoms with Crippen molar-refractivity contribution in [3.05, 3.63) is 0 Å². The Morgan fingerprint density at radius 2 is 0.800 bits per heavy atom. The topological polar surface area (TPSA) is 0 Å². The van der Waals surface area contributed by atoms with E-state index in [1.807, 2.05) is 0 Å². The Bertz CT molecular complexity index is 21.2. The maximum absolute atomic E-state index is 2.58. The van der Waals surface area contributed by atoms with Crippen LogP contribution in [0.25, 0.3) is 0 Å². The van der Waals surface area contributed by atoms with Crippen LogP contribution >= 0.6 is 72.8 Å². The molecule has 0 aromatic rings. The molecule has 0 spiro atoms. The van der Waals surface area contributed by atoms with E-state index in [1.54, 1.807) is 0 Å². The van der Waals surface area contributed by atoms with Crippen LogP contribution in [0.5, 0.6) is 0 Å². The molecule has 0 saturated carbocycles. The van der Waals surface area contributed by atoms with Gasteiger partial charge in [0.2, 0.25) is 0 Å². The van der Waals surface area contributed by atoms with E-state index in [0.717, 1.165) is 0 Å². The van der Waals surface area contributed by atoms with Gasteiger partial charge in [-0.15, -0.1) is 83.3 Å². The van der Waals surface area contributed by atoms with E-state index in [-0.39, 0.29) is 72.8 Å². The molecule has 0 aliphatic carbocycles. The molecule has 0 atom stereocenters. The van der Waals surface area contributed by atoms with Crippen LogP contribution in [-0.2, 0) is 0 Å². The molecule has 0 nitrogen and oxygen atoms in total. The van der Waals surface area contributed by atoms with E-state index in [0.29, 0.717) is 0 Å². The van der Waals surface area contributed by atoms with Crippen LogP contribution in [0.2, 0.25) is 10.6 Å². The van der Waals surface area contributed by atoms with Crippen molar-refractivity contribution in [2.45, 2.75) is 24.4 Å². The first kappa shape index (κ1) is 38.0. The van der Waals surface area contributed by atoms with Crippen LogP contribution in [0.1, 0.15) is 13.8 Å². The van der Waals surface area contributed by atoms with Gasteiger partial charge in [-0.05, 0) is 0 Å². The molecule has 10 heavy (non-hydrogen) atoms. The van der Waals surface area contributed by atoms with E-state index >= 15 is 0 Å². The van der Waals surface area contributed by atoms with E-state index in [9.17, 15) is 0 Å². The highest BCUT2D eigenvalue weighted by Gasteiger charge is 1.37. The Kier molecular flexibility index (Phi) is 218. The molecule has 0 rings (SSSR count). The Morgan fingerprint density at radius 1 is 0.800 bits per heavy atom. The highest BCUT2D eigenvalue weighted by atomic mass is 127. The average Bonchev–Trinajstić information content (AvgIpc) is 1.39. The van der Waals surface area contributed by atoms with Gasteiger partial charge >= 0.3 is 0 Å². The zero-order chi connectivity index (χ0) is 5.41. The number of halogens is 4. The number of hydrogen-bond donors (Lipinski definition) is 0. The van der Waals surface area contributed by atoms with Gasteiger partial charge in [0.25, 0.3) is 0 Å². The smallest absolute Gasteiger partial charge is 0.117 e. The Labute approximate surface area is 128 Å². The minimum atomic E-state index is 0. The number of hydrogen-bond acceptors (Lipinski definition) is 0. The fourth-order valence-corrected chi connectivity index (χ4v) is 0. The van der Waals surface area contributed by atoms with Crippen LogP contribution in [0.3, 0.4) is 0 Å². The fraction of sp³-hybridized carbons (Fsp3) is 1.00. The zero-order valence-electron chi connectivity index (χ0n) is 6.20. The second-order valence-corrected chi connectivity index (χ2v) is 2.45. The molecule has 4 radical (unpaired) electrons. The second-order valence-electron chi connectivity index (χ2n) is 0.816. The highest BCUT2D eigenvalue weighted by molar-refractivity contribution is 14.0. The molecule has 0 aromatic heterocycles. The van der Waals surface area contributed by atoms with Crippen molar-refractivity contribution in [2.24, 2.45) is 0 Å². The molecule has 0 N–H and O–H groups in total. The first-order chi connectivity index (χ1) is 2.83. The van der Waals surface area contributed by atoms with Crippen LogP contribution in [0.4, 0.5) is 0 Å². The summed E-state index contributed by atoms with van der Waals surface area (Å²) in [4.78, 5) is 0. The van der Waals surface area contributed by atoms with Gasteiger partial charge in [-0.1, -0.05) is 13.8 Å². The average molecular weight is 441 g/mol. The van der Waals surface area contributed by atoms with Gasteiger partial charge in [0.15, 0.2) is 0 Å². The van der Waals surface area contributed by atoms with Crippen molar-refractivity contribution >= 4 is 105 Å². The van der Waals surface area contributed by atoms with Crippen molar-refractivity contribution in [3.8, 4) is 0 Å². The van der Waals surface area contributed by atoms with Crippen molar-refractivity contribution in [1.82, 2.24) is 0 Å². The minimum Gasteiger partial charge on any atom is -0.147 e. The van der Waals surface area contributed by atoms with Gasteiger partial charge in [-0.3, -0.25) is 0 Å². The summed E-state index contributed by atoms with van der Waals surface area (Å²) in [5.41, 5.74) is 0. The SMILES string of the molecule is C[CH2][Al].C[CH2][Al].Cl.Cl.I.I.